The fourth-order valence-corrected chi connectivity index (χ4v) is 4.89. The van der Waals surface area contributed by atoms with E-state index in [9.17, 15) is 13.2 Å². The molecule has 2 aromatic carbocycles. The molecule has 11 heteroatoms. The van der Waals surface area contributed by atoms with Crippen molar-refractivity contribution in [2.45, 2.75) is 18.5 Å². The summed E-state index contributed by atoms with van der Waals surface area (Å²) in [6, 6.07) is 8.48. The third-order valence-electron chi connectivity index (χ3n) is 5.32. The van der Waals surface area contributed by atoms with E-state index in [-0.39, 0.29) is 13.2 Å². The number of hydrogen-bond donors (Lipinski definition) is 2. The quantitative estimate of drug-likeness (QED) is 0.713. The SMILES string of the molecule is COc1ccc(OC)c([C@@H]2C[C@H](C(=O)Nc3ccc4c(c3)OCO4)N(C)S(=O)(=O)N2)c1. The number of ether oxygens (including phenoxy) is 4. The van der Waals surface area contributed by atoms with Gasteiger partial charge in [0.25, 0.3) is 10.2 Å². The molecule has 1 fully saturated rings. The zero-order chi connectivity index (χ0) is 22.2. The number of amides is 1. The fourth-order valence-electron chi connectivity index (χ4n) is 3.62. The minimum atomic E-state index is -3.92. The van der Waals surface area contributed by atoms with Crippen LogP contribution in [0.3, 0.4) is 0 Å². The highest BCUT2D eigenvalue weighted by atomic mass is 32.2. The van der Waals surface area contributed by atoms with Gasteiger partial charge in [0.15, 0.2) is 11.5 Å². The Kier molecular flexibility index (Phi) is 5.65. The van der Waals surface area contributed by atoms with Crippen LogP contribution in [0.25, 0.3) is 0 Å². The van der Waals surface area contributed by atoms with E-state index in [2.05, 4.69) is 10.0 Å². The van der Waals surface area contributed by atoms with Gasteiger partial charge < -0.3 is 24.3 Å². The lowest BCUT2D eigenvalue weighted by Crippen LogP contribution is -2.56. The van der Waals surface area contributed by atoms with Gasteiger partial charge in [-0.25, -0.2) is 0 Å². The van der Waals surface area contributed by atoms with E-state index >= 15 is 0 Å². The zero-order valence-corrected chi connectivity index (χ0v) is 18.1. The summed E-state index contributed by atoms with van der Waals surface area (Å²) in [7, 11) is 0.467. The number of likely N-dealkylation sites (N-methyl/N-ethyl adjacent to an activating group) is 1. The molecule has 2 atom stereocenters. The summed E-state index contributed by atoms with van der Waals surface area (Å²) in [6.07, 6.45) is 0.190. The van der Waals surface area contributed by atoms with E-state index in [1.165, 1.54) is 21.3 Å². The highest BCUT2D eigenvalue weighted by molar-refractivity contribution is 7.87. The Balaban J connectivity index is 1.61. The van der Waals surface area contributed by atoms with E-state index < -0.39 is 28.2 Å². The second-order valence-electron chi connectivity index (χ2n) is 7.11. The number of carbonyl (C=O) groups excluding carboxylic acids is 1. The molecule has 2 N–H and O–H groups in total. The van der Waals surface area contributed by atoms with Crippen molar-refractivity contribution < 1.29 is 32.2 Å². The smallest absolute Gasteiger partial charge is 0.280 e. The number of anilines is 1. The van der Waals surface area contributed by atoms with E-state index in [0.717, 1.165) is 4.31 Å². The van der Waals surface area contributed by atoms with Crippen LogP contribution in [0.1, 0.15) is 18.0 Å². The highest BCUT2D eigenvalue weighted by Gasteiger charge is 2.41. The van der Waals surface area contributed by atoms with E-state index in [4.69, 9.17) is 18.9 Å². The molecular weight excluding hydrogens is 426 g/mol. The molecule has 166 valence electrons. The van der Waals surface area contributed by atoms with Gasteiger partial charge in [0.2, 0.25) is 12.7 Å². The highest BCUT2D eigenvalue weighted by Crippen LogP contribution is 2.37. The summed E-state index contributed by atoms with van der Waals surface area (Å²) >= 11 is 0. The molecule has 10 nitrogen and oxygen atoms in total. The molecule has 0 radical (unpaired) electrons. The number of nitrogens with one attached hydrogen (secondary N) is 2. The maximum absolute atomic E-state index is 13.0. The first-order chi connectivity index (χ1) is 14.8. The molecule has 0 spiro atoms. The van der Waals surface area contributed by atoms with Crippen LogP contribution in [0.2, 0.25) is 0 Å². The Hall–Kier alpha value is -3.02. The number of methoxy groups -OCH3 is 2. The number of hydrogen-bond acceptors (Lipinski definition) is 7. The Labute approximate surface area is 180 Å². The predicted octanol–water partition coefficient (Wildman–Crippen LogP) is 1.65. The normalized spacial score (nSPS) is 22.0. The monoisotopic (exact) mass is 449 g/mol. The summed E-state index contributed by atoms with van der Waals surface area (Å²) in [4.78, 5) is 13.0. The van der Waals surface area contributed by atoms with Crippen LogP contribution >= 0.6 is 0 Å². The number of nitrogens with zero attached hydrogens (tertiary/aromatic N) is 1. The molecule has 0 saturated carbocycles. The number of benzene rings is 2. The lowest BCUT2D eigenvalue weighted by Gasteiger charge is -2.36. The molecule has 2 aliphatic heterocycles. The summed E-state index contributed by atoms with van der Waals surface area (Å²) in [6.45, 7) is 0.117. The first-order valence-corrected chi connectivity index (χ1v) is 10.9. The van der Waals surface area contributed by atoms with Gasteiger partial charge in [0.05, 0.1) is 20.3 Å². The van der Waals surface area contributed by atoms with Gasteiger partial charge in [0, 0.05) is 24.4 Å². The fraction of sp³-hybridized carbons (Fsp3) is 0.350. The second-order valence-corrected chi connectivity index (χ2v) is 8.87. The van der Waals surface area contributed by atoms with Crippen molar-refractivity contribution in [1.82, 2.24) is 9.03 Å². The average molecular weight is 449 g/mol. The topological polar surface area (TPSA) is 115 Å². The van der Waals surface area contributed by atoms with E-state index in [1.54, 1.807) is 36.4 Å². The maximum atomic E-state index is 13.0. The van der Waals surface area contributed by atoms with Gasteiger partial charge in [-0.05, 0) is 36.8 Å². The van der Waals surface area contributed by atoms with Crippen molar-refractivity contribution in [3.63, 3.8) is 0 Å². The summed E-state index contributed by atoms with van der Waals surface area (Å²) in [5.41, 5.74) is 1.06. The van der Waals surface area contributed by atoms with Crippen LogP contribution in [0.5, 0.6) is 23.0 Å². The third-order valence-corrected chi connectivity index (χ3v) is 6.92. The van der Waals surface area contributed by atoms with Gasteiger partial charge in [0.1, 0.15) is 17.5 Å². The first-order valence-electron chi connectivity index (χ1n) is 9.50. The number of rotatable bonds is 5. The van der Waals surface area contributed by atoms with E-state index in [0.29, 0.717) is 34.2 Å². The maximum Gasteiger partial charge on any atom is 0.280 e. The standard InChI is InChI=1S/C20H23N3O7S/c1-23-16(20(24)21-12-4-6-18-19(8-12)30-11-29-18)10-15(22-31(23,25)26)14-9-13(27-2)5-7-17(14)28-3/h4-9,15-16,22H,10-11H2,1-3H3,(H,21,24)/t15-,16+/m0/s1. The molecule has 2 aromatic rings. The first kappa shape index (κ1) is 21.2. The van der Waals surface area contributed by atoms with Crippen LogP contribution in [0.15, 0.2) is 36.4 Å². The lowest BCUT2D eigenvalue weighted by molar-refractivity contribution is -0.120. The van der Waals surface area contributed by atoms with Crippen molar-refractivity contribution >= 4 is 21.8 Å². The number of carbonyl (C=O) groups is 1. The summed E-state index contributed by atoms with van der Waals surface area (Å²) < 4.78 is 50.4. The molecule has 2 aliphatic rings. The van der Waals surface area contributed by atoms with Crippen LogP contribution < -0.4 is 29.0 Å². The predicted molar refractivity (Wildman–Crippen MR) is 112 cm³/mol. The minimum absolute atomic E-state index is 0.117. The largest absolute Gasteiger partial charge is 0.497 e. The third kappa shape index (κ3) is 4.11. The number of fused-ring (bicyclic) bond motifs is 1. The molecular formula is C20H23N3O7S. The van der Waals surface area contributed by atoms with Gasteiger partial charge in [-0.1, -0.05) is 0 Å². The second kappa shape index (κ2) is 8.25. The van der Waals surface area contributed by atoms with Gasteiger partial charge in [-0.15, -0.1) is 0 Å². The molecule has 31 heavy (non-hydrogen) atoms. The zero-order valence-electron chi connectivity index (χ0n) is 17.2. The Bertz CT molecular complexity index is 1110. The molecule has 1 amide bonds. The molecule has 2 heterocycles. The van der Waals surface area contributed by atoms with Crippen LogP contribution in [0, 0.1) is 0 Å². The molecule has 0 aromatic heterocycles. The molecule has 0 bridgehead atoms. The average Bonchev–Trinajstić information content (AvgIpc) is 3.22. The Morgan fingerprint density at radius 1 is 1.13 bits per heavy atom. The van der Waals surface area contributed by atoms with Crippen LogP contribution in [0.4, 0.5) is 5.69 Å². The van der Waals surface area contributed by atoms with Crippen molar-refractivity contribution in [3.05, 3.63) is 42.0 Å². The van der Waals surface area contributed by atoms with Gasteiger partial charge in [-0.2, -0.15) is 17.4 Å². The Morgan fingerprint density at radius 3 is 2.65 bits per heavy atom. The van der Waals surface area contributed by atoms with Crippen molar-refractivity contribution in [2.24, 2.45) is 0 Å². The molecule has 1 saturated heterocycles. The lowest BCUT2D eigenvalue weighted by atomic mass is 9.98. The summed E-state index contributed by atoms with van der Waals surface area (Å²) in [5.74, 6) is 1.69. The Morgan fingerprint density at radius 2 is 1.90 bits per heavy atom. The minimum Gasteiger partial charge on any atom is -0.497 e. The molecule has 0 unspecified atom stereocenters. The van der Waals surface area contributed by atoms with E-state index in [1.807, 2.05) is 0 Å². The van der Waals surface area contributed by atoms with Crippen LogP contribution in [-0.2, 0) is 15.0 Å². The van der Waals surface area contributed by atoms with Crippen molar-refractivity contribution in [3.8, 4) is 23.0 Å². The molecule has 4 rings (SSSR count). The van der Waals surface area contributed by atoms with Gasteiger partial charge >= 0.3 is 0 Å². The van der Waals surface area contributed by atoms with Crippen molar-refractivity contribution in [1.29, 1.82) is 0 Å². The van der Waals surface area contributed by atoms with Crippen LogP contribution in [-0.4, -0.2) is 52.7 Å². The van der Waals surface area contributed by atoms with Crippen molar-refractivity contribution in [2.75, 3.05) is 33.4 Å². The summed E-state index contributed by atoms with van der Waals surface area (Å²) in [5, 5.41) is 2.77. The van der Waals surface area contributed by atoms with Gasteiger partial charge in [-0.3, -0.25) is 4.79 Å². The molecule has 0 aliphatic carbocycles.